The van der Waals surface area contributed by atoms with E-state index in [4.69, 9.17) is 0 Å². The first-order valence-electron chi connectivity index (χ1n) is 12.2. The van der Waals surface area contributed by atoms with Crippen molar-refractivity contribution in [3.05, 3.63) is 119 Å². The summed E-state index contributed by atoms with van der Waals surface area (Å²) in [6.45, 7) is 4.80. The number of rotatable bonds is 5. The summed E-state index contributed by atoms with van der Waals surface area (Å²) in [6, 6.07) is 27.3. The zero-order chi connectivity index (χ0) is 21.7. The first-order valence-corrected chi connectivity index (χ1v) is 12.2. The molecule has 0 spiro atoms. The second-order valence-corrected chi connectivity index (χ2v) is 9.42. The van der Waals surface area contributed by atoms with Gasteiger partial charge in [0.25, 0.3) is 0 Å². The van der Waals surface area contributed by atoms with Gasteiger partial charge in [-0.2, -0.15) is 0 Å². The Labute approximate surface area is 240 Å². The van der Waals surface area contributed by atoms with Crippen LogP contribution >= 0.6 is 0 Å². The van der Waals surface area contributed by atoms with Crippen LogP contribution in [0.4, 0.5) is 0 Å². The van der Waals surface area contributed by atoms with Gasteiger partial charge in [0.05, 0.1) is 0 Å². The van der Waals surface area contributed by atoms with Crippen LogP contribution < -0.4 is 35.3 Å². The van der Waals surface area contributed by atoms with Crippen LogP contribution in [0.3, 0.4) is 0 Å². The first kappa shape index (κ1) is 27.9. The van der Waals surface area contributed by atoms with Gasteiger partial charge in [-0.1, -0.05) is 117 Å². The Hall–Kier alpha value is -1.66. The molecule has 0 aliphatic heterocycles. The van der Waals surface area contributed by atoms with Crippen molar-refractivity contribution >= 4 is 11.1 Å². The molecular weight excluding hydrogens is 546 g/mol. The summed E-state index contributed by atoms with van der Waals surface area (Å²) in [5, 5.41) is 2.92. The molecule has 3 aliphatic rings. The number of fused-ring (bicyclic) bond motifs is 5. The van der Waals surface area contributed by atoms with Crippen LogP contribution in [0.2, 0.25) is 0 Å². The summed E-state index contributed by atoms with van der Waals surface area (Å²) < 4.78 is 0. The summed E-state index contributed by atoms with van der Waals surface area (Å²) in [5.74, 6) is 2.00. The van der Waals surface area contributed by atoms with E-state index < -0.39 is 0 Å². The molecule has 6 rings (SSSR count). The molecule has 3 atom stereocenters. The minimum atomic E-state index is 0. The third kappa shape index (κ3) is 4.39. The van der Waals surface area contributed by atoms with Gasteiger partial charge in [0.2, 0.25) is 0 Å². The van der Waals surface area contributed by atoms with Crippen LogP contribution in [0.1, 0.15) is 43.7 Å². The Morgan fingerprint density at radius 1 is 0.686 bits per heavy atom. The van der Waals surface area contributed by atoms with E-state index in [0.717, 1.165) is 0 Å². The molecule has 0 fully saturated rings. The first-order chi connectivity index (χ1) is 15.8. The summed E-state index contributed by atoms with van der Waals surface area (Å²) in [4.78, 5) is 0. The Balaban J connectivity index is 0.00000114. The Morgan fingerprint density at radius 2 is 1.26 bits per heavy atom. The Kier molecular flexibility index (Phi) is 9.25. The molecular formula is C32H30Cl2Zr. The quantitative estimate of drug-likeness (QED) is 0.418. The van der Waals surface area contributed by atoms with Gasteiger partial charge in [0.1, 0.15) is 0 Å². The smallest absolute Gasteiger partial charge is 1.00 e. The zero-order valence-electron chi connectivity index (χ0n) is 20.2. The fraction of sp³-hybridized carbons (Fsp3) is 0.250. The molecule has 0 saturated heterocycles. The Morgan fingerprint density at radius 3 is 1.86 bits per heavy atom. The second-order valence-electron chi connectivity index (χ2n) is 9.42. The minimum Gasteiger partial charge on any atom is -1.00 e. The van der Waals surface area contributed by atoms with E-state index in [1.165, 1.54) is 51.1 Å². The normalized spacial score (nSPS) is 18.3. The maximum atomic E-state index is 2.43. The van der Waals surface area contributed by atoms with Gasteiger partial charge in [-0.3, -0.25) is 0 Å². The molecule has 3 heteroatoms. The minimum absolute atomic E-state index is 0. The molecule has 35 heavy (non-hydrogen) atoms. The zero-order valence-corrected chi connectivity index (χ0v) is 24.2. The van der Waals surface area contributed by atoms with E-state index in [-0.39, 0.29) is 51.0 Å². The van der Waals surface area contributed by atoms with E-state index >= 15 is 0 Å². The fourth-order valence-electron chi connectivity index (χ4n) is 6.82. The van der Waals surface area contributed by atoms with Gasteiger partial charge in [0.15, 0.2) is 0 Å². The molecule has 0 amide bonds. The number of benzene rings is 3. The standard InChI is InChI=1S/C32H30.2ClH.Zr/c1-3-21(31-27-17-9-5-13-23(27)24-14-6-10-18-28(24)31)22(4-2)32-29-19-11-7-15-25(29)26-16-8-12-20-30(26)32;;;/h5-22,27,32H,3-4H2,1-2H3;2*1H;/q;;;+2/p-2. The summed E-state index contributed by atoms with van der Waals surface area (Å²) in [6.07, 6.45) is 11.6. The van der Waals surface area contributed by atoms with E-state index in [1.807, 2.05) is 0 Å². The van der Waals surface area contributed by atoms with Gasteiger partial charge >= 0.3 is 26.2 Å². The third-order valence-corrected chi connectivity index (χ3v) is 8.05. The molecule has 0 nitrogen and oxygen atoms in total. The van der Waals surface area contributed by atoms with Crippen LogP contribution in [0.25, 0.3) is 22.3 Å². The topological polar surface area (TPSA) is 0 Å². The molecule has 176 valence electrons. The predicted molar refractivity (Wildman–Crippen MR) is 136 cm³/mol. The molecule has 3 aliphatic carbocycles. The van der Waals surface area contributed by atoms with Crippen molar-refractivity contribution in [2.45, 2.75) is 32.6 Å². The van der Waals surface area contributed by atoms with Crippen molar-refractivity contribution < 1.29 is 51.0 Å². The van der Waals surface area contributed by atoms with Crippen molar-refractivity contribution in [3.63, 3.8) is 0 Å². The van der Waals surface area contributed by atoms with Crippen molar-refractivity contribution in [3.8, 4) is 11.1 Å². The van der Waals surface area contributed by atoms with Crippen LogP contribution in [-0.2, 0) is 26.2 Å². The maximum Gasteiger partial charge on any atom is 2.00 e. The van der Waals surface area contributed by atoms with Crippen molar-refractivity contribution in [1.82, 2.24) is 0 Å². The summed E-state index contributed by atoms with van der Waals surface area (Å²) >= 11 is 0. The number of hydrogen-bond donors (Lipinski definition) is 0. The molecule has 0 aromatic heterocycles. The third-order valence-electron chi connectivity index (χ3n) is 8.05. The largest absolute Gasteiger partial charge is 2.00 e. The second kappa shape index (κ2) is 11.6. The maximum absolute atomic E-state index is 2.43. The van der Waals surface area contributed by atoms with Crippen LogP contribution in [0, 0.1) is 17.8 Å². The van der Waals surface area contributed by atoms with Crippen molar-refractivity contribution in [1.29, 1.82) is 0 Å². The number of allylic oxidation sites excluding steroid dienone is 4. The molecule has 0 saturated carbocycles. The predicted octanol–water partition coefficient (Wildman–Crippen LogP) is 0.614. The van der Waals surface area contributed by atoms with Crippen LogP contribution in [-0.4, -0.2) is 0 Å². The van der Waals surface area contributed by atoms with Crippen molar-refractivity contribution in [2.75, 3.05) is 0 Å². The van der Waals surface area contributed by atoms with E-state index in [0.29, 0.717) is 23.7 Å². The summed E-state index contributed by atoms with van der Waals surface area (Å²) in [7, 11) is 0. The van der Waals surface area contributed by atoms with E-state index in [1.54, 1.807) is 5.57 Å². The molecule has 0 bridgehead atoms. The monoisotopic (exact) mass is 574 g/mol. The van der Waals surface area contributed by atoms with E-state index in [9.17, 15) is 0 Å². The van der Waals surface area contributed by atoms with Crippen LogP contribution in [0.5, 0.6) is 0 Å². The molecule has 3 aromatic carbocycles. The SMILES string of the molecule is CCC(C1=c2ccccc2=C2C=CC=CC21)C(CC)C1c2ccccc2-c2ccccc21.[Cl-].[Cl-].[Zr+2]. The van der Waals surface area contributed by atoms with Gasteiger partial charge in [-0.25, -0.2) is 0 Å². The molecule has 3 aromatic rings. The van der Waals surface area contributed by atoms with Crippen molar-refractivity contribution in [2.24, 2.45) is 17.8 Å². The van der Waals surface area contributed by atoms with Gasteiger partial charge in [-0.05, 0) is 62.1 Å². The average Bonchev–Trinajstić information content (AvgIpc) is 3.36. The Bertz CT molecular complexity index is 1340. The number of hydrogen-bond acceptors (Lipinski definition) is 0. The molecule has 0 radical (unpaired) electrons. The van der Waals surface area contributed by atoms with Crippen LogP contribution in [0.15, 0.2) is 97.1 Å². The molecule has 0 heterocycles. The average molecular weight is 577 g/mol. The van der Waals surface area contributed by atoms with Gasteiger partial charge in [-0.15, -0.1) is 0 Å². The summed E-state index contributed by atoms with van der Waals surface area (Å²) in [5.41, 5.74) is 9.05. The van der Waals surface area contributed by atoms with E-state index in [2.05, 4.69) is 111 Å². The van der Waals surface area contributed by atoms with Gasteiger partial charge < -0.3 is 24.8 Å². The fourth-order valence-corrected chi connectivity index (χ4v) is 6.82. The number of halogens is 2. The molecule has 0 N–H and O–H groups in total. The molecule has 3 unspecified atom stereocenters. The van der Waals surface area contributed by atoms with Gasteiger partial charge in [0, 0.05) is 11.8 Å².